The largest absolute Gasteiger partial charge is 0.508 e. The van der Waals surface area contributed by atoms with E-state index in [1.165, 1.54) is 13.8 Å². The van der Waals surface area contributed by atoms with E-state index in [0.29, 0.717) is 0 Å². The fourth-order valence-corrected chi connectivity index (χ4v) is 2.01. The minimum Gasteiger partial charge on any atom is -0.456 e. The molecule has 0 aliphatic rings. The quantitative estimate of drug-likeness (QED) is 0.334. The first-order valence-corrected chi connectivity index (χ1v) is 7.71. The summed E-state index contributed by atoms with van der Waals surface area (Å²) in [6.07, 6.45) is -11.4. The molecule has 164 valence electrons. The zero-order valence-electron chi connectivity index (χ0n) is 15.4. The number of hydrogen-bond donors (Lipinski definition) is 0. The molecule has 0 aromatic rings. The molecule has 0 radical (unpaired) electrons. The van der Waals surface area contributed by atoms with Gasteiger partial charge in [-0.3, -0.25) is 9.59 Å². The lowest BCUT2D eigenvalue weighted by Crippen LogP contribution is -2.40. The summed E-state index contributed by atoms with van der Waals surface area (Å²) in [5.41, 5.74) is -1.53. The first-order valence-electron chi connectivity index (χ1n) is 7.71. The van der Waals surface area contributed by atoms with E-state index in [4.69, 9.17) is 4.74 Å². The van der Waals surface area contributed by atoms with Crippen molar-refractivity contribution in [3.63, 3.8) is 0 Å². The summed E-state index contributed by atoms with van der Waals surface area (Å²) in [6.45, 7) is -0.427. The highest BCUT2D eigenvalue weighted by Gasteiger charge is 2.41. The molecule has 0 amide bonds. The predicted octanol–water partition coefficient (Wildman–Crippen LogP) is 3.40. The van der Waals surface area contributed by atoms with E-state index >= 15 is 0 Å². The third-order valence-corrected chi connectivity index (χ3v) is 3.27. The molecule has 0 saturated heterocycles. The standard InChI is InChI=1S/C15H20F6O7/c1-8(10(22)26-6-14(16,17)18)9(11(23)27-7-15(19,20)21)5-13(2,3)28-12(24)25-4/h8-9H,5-7H2,1-4H3. The van der Waals surface area contributed by atoms with E-state index in [-0.39, 0.29) is 0 Å². The molecule has 7 nitrogen and oxygen atoms in total. The Labute approximate surface area is 156 Å². The maximum Gasteiger partial charge on any atom is 0.508 e. The predicted molar refractivity (Wildman–Crippen MR) is 78.9 cm³/mol. The van der Waals surface area contributed by atoms with Gasteiger partial charge in [0.25, 0.3) is 0 Å². The Balaban J connectivity index is 5.38. The Morgan fingerprint density at radius 1 is 0.857 bits per heavy atom. The Kier molecular flexibility index (Phi) is 9.05. The second kappa shape index (κ2) is 9.82. The maximum absolute atomic E-state index is 12.3. The highest BCUT2D eigenvalue weighted by atomic mass is 19.4. The molecule has 0 bridgehead atoms. The third kappa shape index (κ3) is 10.8. The number of alkyl halides is 6. The zero-order chi connectivity index (χ0) is 22.3. The summed E-state index contributed by atoms with van der Waals surface area (Å²) in [4.78, 5) is 35.1. The molecule has 0 rings (SSSR count). The monoisotopic (exact) mass is 426 g/mol. The number of esters is 2. The van der Waals surface area contributed by atoms with Crippen LogP contribution in [0, 0.1) is 11.8 Å². The SMILES string of the molecule is COC(=O)OC(C)(C)CC(C(=O)OCC(F)(F)F)C(C)C(=O)OCC(F)(F)F. The van der Waals surface area contributed by atoms with Crippen LogP contribution in [0.2, 0.25) is 0 Å². The maximum atomic E-state index is 12.3. The molecular weight excluding hydrogens is 406 g/mol. The van der Waals surface area contributed by atoms with Crippen molar-refractivity contribution < 1.29 is 59.7 Å². The minimum atomic E-state index is -4.86. The smallest absolute Gasteiger partial charge is 0.456 e. The average molecular weight is 426 g/mol. The number of halogens is 6. The van der Waals surface area contributed by atoms with Gasteiger partial charge in [-0.15, -0.1) is 0 Å². The first kappa shape index (κ1) is 25.8. The topological polar surface area (TPSA) is 88.1 Å². The molecule has 0 aromatic heterocycles. The van der Waals surface area contributed by atoms with Crippen molar-refractivity contribution in [2.75, 3.05) is 20.3 Å². The molecule has 0 aliphatic carbocycles. The number of carbonyl (C=O) groups is 3. The fourth-order valence-electron chi connectivity index (χ4n) is 2.01. The fraction of sp³-hybridized carbons (Fsp3) is 0.800. The van der Waals surface area contributed by atoms with Crippen molar-refractivity contribution in [2.45, 2.75) is 45.1 Å². The van der Waals surface area contributed by atoms with E-state index in [9.17, 15) is 40.7 Å². The second-order valence-electron chi connectivity index (χ2n) is 6.36. The Morgan fingerprint density at radius 2 is 1.29 bits per heavy atom. The summed E-state index contributed by atoms with van der Waals surface area (Å²) in [6, 6.07) is 0. The van der Waals surface area contributed by atoms with E-state index in [1.807, 2.05) is 0 Å². The van der Waals surface area contributed by atoms with Gasteiger partial charge in [0.1, 0.15) is 5.60 Å². The van der Waals surface area contributed by atoms with Gasteiger partial charge in [-0.1, -0.05) is 6.92 Å². The van der Waals surface area contributed by atoms with Crippen molar-refractivity contribution in [3.8, 4) is 0 Å². The Morgan fingerprint density at radius 3 is 1.68 bits per heavy atom. The molecule has 0 aromatic carbocycles. The second-order valence-corrected chi connectivity index (χ2v) is 6.36. The third-order valence-electron chi connectivity index (χ3n) is 3.27. The van der Waals surface area contributed by atoms with E-state index in [1.54, 1.807) is 0 Å². The molecule has 0 spiro atoms. The average Bonchev–Trinajstić information content (AvgIpc) is 2.52. The van der Waals surface area contributed by atoms with Crippen molar-refractivity contribution in [2.24, 2.45) is 11.8 Å². The molecule has 0 N–H and O–H groups in total. The van der Waals surface area contributed by atoms with Gasteiger partial charge in [-0.05, 0) is 13.8 Å². The van der Waals surface area contributed by atoms with Gasteiger partial charge in [0.15, 0.2) is 13.2 Å². The summed E-state index contributed by atoms with van der Waals surface area (Å²) in [7, 11) is 0.977. The van der Waals surface area contributed by atoms with Crippen LogP contribution in [0.3, 0.4) is 0 Å². The molecule has 0 saturated carbocycles. The number of hydrogen-bond acceptors (Lipinski definition) is 7. The molecule has 0 heterocycles. The van der Waals surface area contributed by atoms with Crippen LogP contribution in [-0.2, 0) is 28.5 Å². The highest BCUT2D eigenvalue weighted by Crippen LogP contribution is 2.30. The van der Waals surface area contributed by atoms with Crippen molar-refractivity contribution in [1.82, 2.24) is 0 Å². The van der Waals surface area contributed by atoms with Crippen LogP contribution in [0.4, 0.5) is 31.1 Å². The first-order chi connectivity index (χ1) is 12.5. The van der Waals surface area contributed by atoms with Crippen molar-refractivity contribution in [1.29, 1.82) is 0 Å². The van der Waals surface area contributed by atoms with Crippen molar-refractivity contribution >= 4 is 18.1 Å². The van der Waals surface area contributed by atoms with Crippen LogP contribution >= 0.6 is 0 Å². The molecule has 2 unspecified atom stereocenters. The highest BCUT2D eigenvalue weighted by molar-refractivity contribution is 5.82. The molecular formula is C15H20F6O7. The normalized spacial score (nSPS) is 14.6. The Bertz CT molecular complexity index is 556. The van der Waals surface area contributed by atoms with Gasteiger partial charge in [0, 0.05) is 6.42 Å². The van der Waals surface area contributed by atoms with E-state index in [0.717, 1.165) is 14.0 Å². The van der Waals surface area contributed by atoms with Crippen LogP contribution in [0.1, 0.15) is 27.2 Å². The summed E-state index contributed by atoms with van der Waals surface area (Å²) in [5, 5.41) is 0. The zero-order valence-corrected chi connectivity index (χ0v) is 15.4. The van der Waals surface area contributed by atoms with Gasteiger partial charge in [0.05, 0.1) is 18.9 Å². The van der Waals surface area contributed by atoms with Gasteiger partial charge in [-0.25, -0.2) is 4.79 Å². The summed E-state index contributed by atoms with van der Waals surface area (Å²) >= 11 is 0. The summed E-state index contributed by atoms with van der Waals surface area (Å²) < 4.78 is 90.6. The van der Waals surface area contributed by atoms with Gasteiger partial charge >= 0.3 is 30.4 Å². The molecule has 28 heavy (non-hydrogen) atoms. The van der Waals surface area contributed by atoms with Gasteiger partial charge in [-0.2, -0.15) is 26.3 Å². The minimum absolute atomic E-state index is 0.554. The van der Waals surface area contributed by atoms with Crippen molar-refractivity contribution in [3.05, 3.63) is 0 Å². The van der Waals surface area contributed by atoms with Gasteiger partial charge in [0.2, 0.25) is 0 Å². The van der Waals surface area contributed by atoms with Crippen LogP contribution < -0.4 is 0 Å². The number of ether oxygens (including phenoxy) is 4. The number of methoxy groups -OCH3 is 1. The lowest BCUT2D eigenvalue weighted by Gasteiger charge is -2.30. The lowest BCUT2D eigenvalue weighted by atomic mass is 9.84. The van der Waals surface area contributed by atoms with E-state index < -0.39 is 67.5 Å². The van der Waals surface area contributed by atoms with E-state index in [2.05, 4.69) is 14.2 Å². The molecule has 2 atom stereocenters. The van der Waals surface area contributed by atoms with Crippen LogP contribution in [0.15, 0.2) is 0 Å². The lowest BCUT2D eigenvalue weighted by molar-refractivity contribution is -0.197. The van der Waals surface area contributed by atoms with Crippen LogP contribution in [-0.4, -0.2) is 56.4 Å². The van der Waals surface area contributed by atoms with Crippen LogP contribution in [0.5, 0.6) is 0 Å². The molecule has 0 fully saturated rings. The molecule has 13 heteroatoms. The van der Waals surface area contributed by atoms with Gasteiger partial charge < -0.3 is 18.9 Å². The Hall–Kier alpha value is -2.21. The molecule has 0 aliphatic heterocycles. The summed E-state index contributed by atoms with van der Waals surface area (Å²) in [5.74, 6) is -6.32. The number of rotatable bonds is 8. The van der Waals surface area contributed by atoms with Crippen LogP contribution in [0.25, 0.3) is 0 Å². The number of carbonyl (C=O) groups excluding carboxylic acids is 3.